The van der Waals surface area contributed by atoms with Crippen LogP contribution >= 0.6 is 27.7 Å². The predicted molar refractivity (Wildman–Crippen MR) is 89.6 cm³/mol. The lowest BCUT2D eigenvalue weighted by Gasteiger charge is -2.20. The van der Waals surface area contributed by atoms with Gasteiger partial charge in [0.25, 0.3) is 0 Å². The molecule has 0 fully saturated rings. The van der Waals surface area contributed by atoms with E-state index in [4.69, 9.17) is 0 Å². The highest BCUT2D eigenvalue weighted by Gasteiger charge is 2.09. The summed E-state index contributed by atoms with van der Waals surface area (Å²) >= 11 is 5.12. The first kappa shape index (κ1) is 15.1. The fraction of sp³-hybridized carbons (Fsp3) is 0.286. The number of hydrogen-bond acceptors (Lipinski definition) is 5. The van der Waals surface area contributed by atoms with Gasteiger partial charge in [0.15, 0.2) is 5.16 Å². The molecule has 0 spiro atoms. The first-order valence-corrected chi connectivity index (χ1v) is 8.21. The molecule has 0 aliphatic carbocycles. The maximum Gasteiger partial charge on any atom is 0.191 e. The van der Waals surface area contributed by atoms with Crippen molar-refractivity contribution < 1.29 is 0 Å². The lowest BCUT2D eigenvalue weighted by Crippen LogP contribution is -2.18. The highest BCUT2D eigenvalue weighted by molar-refractivity contribution is 9.10. The minimum atomic E-state index is 0.769. The van der Waals surface area contributed by atoms with Gasteiger partial charge in [0, 0.05) is 31.2 Å². The van der Waals surface area contributed by atoms with Gasteiger partial charge in [-0.15, -0.1) is 0 Å². The largest absolute Gasteiger partial charge is 0.373 e. The molecule has 0 aliphatic rings. The molecule has 0 atom stereocenters. The average molecular weight is 353 g/mol. The summed E-state index contributed by atoms with van der Waals surface area (Å²) in [5.41, 5.74) is 1.23. The van der Waals surface area contributed by atoms with Gasteiger partial charge < -0.3 is 10.2 Å². The van der Waals surface area contributed by atoms with Crippen molar-refractivity contribution in [3.63, 3.8) is 0 Å². The van der Waals surface area contributed by atoms with E-state index < -0.39 is 0 Å². The Hall–Kier alpha value is -1.27. The van der Waals surface area contributed by atoms with Crippen LogP contribution in [0.3, 0.4) is 0 Å². The van der Waals surface area contributed by atoms with Gasteiger partial charge in [-0.05, 0) is 17.9 Å². The molecule has 1 aromatic carbocycles. The van der Waals surface area contributed by atoms with Gasteiger partial charge in [-0.1, -0.05) is 45.9 Å². The van der Waals surface area contributed by atoms with Gasteiger partial charge in [-0.25, -0.2) is 9.97 Å². The number of benzene rings is 1. The maximum atomic E-state index is 4.55. The summed E-state index contributed by atoms with van der Waals surface area (Å²) < 4.78 is 1.11. The Kier molecular flexibility index (Phi) is 5.25. The third-order valence-electron chi connectivity index (χ3n) is 2.89. The van der Waals surface area contributed by atoms with E-state index in [1.54, 1.807) is 11.8 Å². The molecular formula is C14H17BrN4S. The summed E-state index contributed by atoms with van der Waals surface area (Å²) in [4.78, 5) is 11.0. The van der Waals surface area contributed by atoms with E-state index >= 15 is 0 Å². The molecule has 2 aromatic rings. The van der Waals surface area contributed by atoms with Crippen LogP contribution in [0.15, 0.2) is 40.0 Å². The highest BCUT2D eigenvalue weighted by atomic mass is 79.9. The number of aromatic nitrogens is 2. The second-order valence-corrected chi connectivity index (χ2v) is 5.92. The van der Waals surface area contributed by atoms with E-state index in [0.717, 1.165) is 27.8 Å². The smallest absolute Gasteiger partial charge is 0.191 e. The van der Waals surface area contributed by atoms with Crippen molar-refractivity contribution in [2.75, 3.05) is 30.6 Å². The van der Waals surface area contributed by atoms with E-state index in [1.165, 1.54) is 5.56 Å². The van der Waals surface area contributed by atoms with Crippen LogP contribution in [-0.4, -0.2) is 30.3 Å². The third kappa shape index (κ3) is 3.64. The van der Waals surface area contributed by atoms with Gasteiger partial charge in [0.1, 0.15) is 11.6 Å². The minimum absolute atomic E-state index is 0.769. The summed E-state index contributed by atoms with van der Waals surface area (Å²) in [7, 11) is 3.90. The normalized spacial score (nSPS) is 10.4. The highest BCUT2D eigenvalue weighted by Crippen LogP contribution is 2.23. The van der Waals surface area contributed by atoms with E-state index in [2.05, 4.69) is 48.2 Å². The average Bonchev–Trinajstić information content (AvgIpc) is 2.48. The summed E-state index contributed by atoms with van der Waals surface area (Å²) in [5.74, 6) is 1.74. The molecule has 0 bridgehead atoms. The van der Waals surface area contributed by atoms with E-state index in [9.17, 15) is 0 Å². The van der Waals surface area contributed by atoms with Gasteiger partial charge in [-0.2, -0.15) is 0 Å². The molecule has 1 heterocycles. The van der Waals surface area contributed by atoms with E-state index in [-0.39, 0.29) is 0 Å². The van der Waals surface area contributed by atoms with Crippen molar-refractivity contribution in [2.45, 2.75) is 11.7 Å². The number of thioether (sulfide) groups is 1. The Morgan fingerprint density at radius 2 is 2.05 bits per heavy atom. The van der Waals surface area contributed by atoms with Gasteiger partial charge in [0.2, 0.25) is 0 Å². The molecule has 0 unspecified atom stereocenters. The molecule has 0 saturated heterocycles. The zero-order chi connectivity index (χ0) is 14.5. The van der Waals surface area contributed by atoms with Crippen LogP contribution in [-0.2, 0) is 6.54 Å². The molecular weight excluding hydrogens is 336 g/mol. The first-order chi connectivity index (χ1) is 9.63. The Balaban J connectivity index is 2.24. The minimum Gasteiger partial charge on any atom is -0.373 e. The molecule has 4 nitrogen and oxygen atoms in total. The van der Waals surface area contributed by atoms with Crippen molar-refractivity contribution >= 4 is 39.3 Å². The number of rotatable bonds is 5. The van der Waals surface area contributed by atoms with Crippen LogP contribution in [0.4, 0.5) is 11.6 Å². The Labute approximate surface area is 132 Å². The van der Waals surface area contributed by atoms with Crippen LogP contribution in [0, 0.1) is 0 Å². The van der Waals surface area contributed by atoms with Crippen LogP contribution in [0.5, 0.6) is 0 Å². The standard InChI is InChI=1S/C14H17BrN4S/c1-16-12-8-13(18-14(17-12)20-3)19(2)9-10-6-4-5-7-11(10)15/h4-8H,9H2,1-3H3,(H,16,17,18). The quantitative estimate of drug-likeness (QED) is 0.657. The van der Waals surface area contributed by atoms with Crippen molar-refractivity contribution in [1.82, 2.24) is 9.97 Å². The van der Waals surface area contributed by atoms with Crippen molar-refractivity contribution in [3.05, 3.63) is 40.4 Å². The van der Waals surface area contributed by atoms with Crippen LogP contribution < -0.4 is 10.2 Å². The monoisotopic (exact) mass is 352 g/mol. The van der Waals surface area contributed by atoms with Crippen LogP contribution in [0.2, 0.25) is 0 Å². The lowest BCUT2D eigenvalue weighted by molar-refractivity contribution is 0.856. The first-order valence-electron chi connectivity index (χ1n) is 6.19. The topological polar surface area (TPSA) is 41.0 Å². The zero-order valence-corrected chi connectivity index (χ0v) is 14.1. The third-order valence-corrected chi connectivity index (χ3v) is 4.21. The molecule has 0 amide bonds. The van der Waals surface area contributed by atoms with Crippen molar-refractivity contribution in [3.8, 4) is 0 Å². The van der Waals surface area contributed by atoms with E-state index in [0.29, 0.717) is 0 Å². The number of halogens is 1. The maximum absolute atomic E-state index is 4.55. The fourth-order valence-corrected chi connectivity index (χ4v) is 2.58. The number of anilines is 2. The molecule has 0 aliphatic heterocycles. The zero-order valence-electron chi connectivity index (χ0n) is 11.7. The second kappa shape index (κ2) is 6.95. The van der Waals surface area contributed by atoms with Crippen molar-refractivity contribution in [2.24, 2.45) is 0 Å². The van der Waals surface area contributed by atoms with Crippen LogP contribution in [0.1, 0.15) is 5.56 Å². The Bertz CT molecular complexity index is 569. The molecule has 1 N–H and O–H groups in total. The molecule has 0 radical (unpaired) electrons. The molecule has 20 heavy (non-hydrogen) atoms. The number of nitrogens with zero attached hydrogens (tertiary/aromatic N) is 3. The molecule has 6 heteroatoms. The fourth-order valence-electron chi connectivity index (χ4n) is 1.79. The Morgan fingerprint density at radius 1 is 1.30 bits per heavy atom. The lowest BCUT2D eigenvalue weighted by atomic mass is 10.2. The predicted octanol–water partition coefficient (Wildman–Crippen LogP) is 3.64. The molecule has 106 valence electrons. The number of nitrogens with one attached hydrogen (secondary N) is 1. The second-order valence-electron chi connectivity index (χ2n) is 4.30. The summed E-state index contributed by atoms with van der Waals surface area (Å²) in [6.45, 7) is 0.787. The summed E-state index contributed by atoms with van der Waals surface area (Å²) in [6.07, 6.45) is 1.98. The number of hydrogen-bond donors (Lipinski definition) is 1. The summed E-state index contributed by atoms with van der Waals surface area (Å²) in [6, 6.07) is 10.2. The van der Waals surface area contributed by atoms with Gasteiger partial charge >= 0.3 is 0 Å². The van der Waals surface area contributed by atoms with Gasteiger partial charge in [0.05, 0.1) is 0 Å². The van der Waals surface area contributed by atoms with Crippen LogP contribution in [0.25, 0.3) is 0 Å². The SMILES string of the molecule is CNc1cc(N(C)Cc2ccccc2Br)nc(SC)n1. The van der Waals surface area contributed by atoms with Crippen molar-refractivity contribution in [1.29, 1.82) is 0 Å². The molecule has 1 aromatic heterocycles. The van der Waals surface area contributed by atoms with Gasteiger partial charge in [-0.3, -0.25) is 0 Å². The Morgan fingerprint density at radius 3 is 2.70 bits per heavy atom. The molecule has 0 saturated carbocycles. The van der Waals surface area contributed by atoms with E-state index in [1.807, 2.05) is 38.6 Å². The summed E-state index contributed by atoms with van der Waals surface area (Å²) in [5, 5.41) is 3.84. The molecule has 2 rings (SSSR count).